The van der Waals surface area contributed by atoms with Crippen LogP contribution in [0.25, 0.3) is 5.70 Å². The normalized spacial score (nSPS) is 15.0. The maximum absolute atomic E-state index is 13.4. The summed E-state index contributed by atoms with van der Waals surface area (Å²) in [6, 6.07) is 13.2. The molecular formula is C23H19ClN4O4S2. The zero-order valence-electron chi connectivity index (χ0n) is 18.4. The van der Waals surface area contributed by atoms with E-state index in [0.29, 0.717) is 31.9 Å². The van der Waals surface area contributed by atoms with Crippen molar-refractivity contribution in [3.8, 4) is 0 Å². The molecule has 1 unspecified atom stereocenters. The first-order chi connectivity index (χ1) is 16.1. The average Bonchev–Trinajstić information content (AvgIpc) is 2.85. The second-order valence-corrected chi connectivity index (χ2v) is 9.58. The molecule has 174 valence electrons. The summed E-state index contributed by atoms with van der Waals surface area (Å²) in [5.41, 5.74) is 1.65. The number of rotatable bonds is 4. The van der Waals surface area contributed by atoms with Crippen molar-refractivity contribution >= 4 is 57.0 Å². The third kappa shape index (κ3) is 3.97. The number of benzene rings is 2. The van der Waals surface area contributed by atoms with Crippen molar-refractivity contribution in [2.45, 2.75) is 5.92 Å². The number of nitrogens with one attached hydrogen (secondary N) is 1. The molecular weight excluding hydrogens is 496 g/mol. The Kier molecular flexibility index (Phi) is 6.48. The van der Waals surface area contributed by atoms with Crippen LogP contribution < -0.4 is 16.6 Å². The molecule has 1 atom stereocenters. The van der Waals surface area contributed by atoms with Gasteiger partial charge in [-0.05, 0) is 29.5 Å². The highest BCUT2D eigenvalue weighted by Gasteiger charge is 2.37. The van der Waals surface area contributed by atoms with E-state index in [2.05, 4.69) is 5.32 Å². The first kappa shape index (κ1) is 23.9. The SMILES string of the molecule is CSC(=S)C1=C(c2ccc(Cl)cc2)Nc2c(c(=O)n(C)c(=O)n2C)C1c1cccc([N+](=O)[O-])c1. The van der Waals surface area contributed by atoms with E-state index in [1.165, 1.54) is 35.5 Å². The Morgan fingerprint density at radius 2 is 1.82 bits per heavy atom. The van der Waals surface area contributed by atoms with Crippen LogP contribution >= 0.6 is 35.6 Å². The van der Waals surface area contributed by atoms with Crippen molar-refractivity contribution in [2.24, 2.45) is 14.1 Å². The Morgan fingerprint density at radius 1 is 1.15 bits per heavy atom. The van der Waals surface area contributed by atoms with Gasteiger partial charge in [0.25, 0.3) is 11.2 Å². The number of nitro benzene ring substituents is 1. The summed E-state index contributed by atoms with van der Waals surface area (Å²) in [4.78, 5) is 37.2. The number of aromatic nitrogens is 2. The zero-order chi connectivity index (χ0) is 24.7. The highest BCUT2D eigenvalue weighted by Crippen LogP contribution is 2.45. The van der Waals surface area contributed by atoms with Gasteiger partial charge in [-0.25, -0.2) is 4.79 Å². The molecule has 1 aromatic heterocycles. The van der Waals surface area contributed by atoms with Crippen LogP contribution in [0.1, 0.15) is 22.6 Å². The Balaban J connectivity index is 2.15. The Bertz CT molecular complexity index is 1490. The summed E-state index contributed by atoms with van der Waals surface area (Å²) in [6.07, 6.45) is 1.83. The van der Waals surface area contributed by atoms with Crippen LogP contribution in [0.15, 0.2) is 63.7 Å². The van der Waals surface area contributed by atoms with Gasteiger partial charge in [0, 0.05) is 42.7 Å². The van der Waals surface area contributed by atoms with Crippen molar-refractivity contribution in [1.29, 1.82) is 0 Å². The minimum atomic E-state index is -0.743. The maximum atomic E-state index is 13.4. The molecule has 0 amide bonds. The van der Waals surface area contributed by atoms with Crippen molar-refractivity contribution < 1.29 is 4.92 Å². The van der Waals surface area contributed by atoms with E-state index in [1.807, 2.05) is 18.4 Å². The van der Waals surface area contributed by atoms with Gasteiger partial charge in [-0.1, -0.05) is 48.1 Å². The molecule has 11 heteroatoms. The van der Waals surface area contributed by atoms with Gasteiger partial charge in [-0.2, -0.15) is 0 Å². The largest absolute Gasteiger partial charge is 0.340 e. The molecule has 3 aromatic rings. The second kappa shape index (κ2) is 9.21. The van der Waals surface area contributed by atoms with E-state index in [9.17, 15) is 19.7 Å². The number of halogens is 1. The summed E-state index contributed by atoms with van der Waals surface area (Å²) >= 11 is 13.2. The molecule has 0 saturated heterocycles. The van der Waals surface area contributed by atoms with Crippen LogP contribution in [0.4, 0.5) is 11.5 Å². The van der Waals surface area contributed by atoms with E-state index in [-0.39, 0.29) is 11.3 Å². The number of thioether (sulfide) groups is 1. The van der Waals surface area contributed by atoms with Gasteiger partial charge < -0.3 is 5.32 Å². The van der Waals surface area contributed by atoms with E-state index in [0.717, 1.165) is 10.1 Å². The summed E-state index contributed by atoms with van der Waals surface area (Å²) in [7, 11) is 2.97. The number of hydrogen-bond donors (Lipinski definition) is 1. The quantitative estimate of drug-likeness (QED) is 0.315. The van der Waals surface area contributed by atoms with Crippen LogP contribution in [0.3, 0.4) is 0 Å². The predicted molar refractivity (Wildman–Crippen MR) is 140 cm³/mol. The minimum Gasteiger partial charge on any atom is -0.340 e. The van der Waals surface area contributed by atoms with Crippen LogP contribution in [-0.2, 0) is 14.1 Å². The maximum Gasteiger partial charge on any atom is 0.332 e. The molecule has 8 nitrogen and oxygen atoms in total. The molecule has 0 aliphatic carbocycles. The fourth-order valence-electron chi connectivity index (χ4n) is 4.08. The van der Waals surface area contributed by atoms with Crippen LogP contribution in [0.2, 0.25) is 5.02 Å². The summed E-state index contributed by atoms with van der Waals surface area (Å²) < 4.78 is 2.89. The number of thiocarbonyl (C=S) groups is 1. The molecule has 0 radical (unpaired) electrons. The van der Waals surface area contributed by atoms with E-state index < -0.39 is 22.1 Å². The second-order valence-electron chi connectivity index (χ2n) is 7.67. The molecule has 4 rings (SSSR count). The lowest BCUT2D eigenvalue weighted by Gasteiger charge is -2.33. The molecule has 2 aromatic carbocycles. The Labute approximate surface area is 209 Å². The van der Waals surface area contributed by atoms with Gasteiger partial charge in [0.05, 0.1) is 20.4 Å². The lowest BCUT2D eigenvalue weighted by molar-refractivity contribution is -0.384. The molecule has 0 spiro atoms. The number of anilines is 1. The summed E-state index contributed by atoms with van der Waals surface area (Å²) in [5.74, 6) is -0.436. The van der Waals surface area contributed by atoms with Crippen LogP contribution in [-0.4, -0.2) is 24.5 Å². The minimum absolute atomic E-state index is 0.110. The number of non-ortho nitro benzene ring substituents is 1. The zero-order valence-corrected chi connectivity index (χ0v) is 20.8. The lowest BCUT2D eigenvalue weighted by Crippen LogP contribution is -2.43. The highest BCUT2D eigenvalue weighted by atomic mass is 35.5. The summed E-state index contributed by atoms with van der Waals surface area (Å²) in [5, 5.41) is 15.3. The van der Waals surface area contributed by atoms with Gasteiger partial charge in [0.1, 0.15) is 5.82 Å². The van der Waals surface area contributed by atoms with Crippen LogP contribution in [0, 0.1) is 10.1 Å². The number of hydrogen-bond acceptors (Lipinski definition) is 7. The lowest BCUT2D eigenvalue weighted by atomic mass is 9.81. The third-order valence-electron chi connectivity index (χ3n) is 5.74. The van der Waals surface area contributed by atoms with E-state index in [4.69, 9.17) is 23.8 Å². The molecule has 1 N–H and O–H groups in total. The topological polar surface area (TPSA) is 99.2 Å². The number of nitro groups is 1. The Morgan fingerprint density at radius 3 is 2.44 bits per heavy atom. The van der Waals surface area contributed by atoms with Crippen molar-refractivity contribution in [3.05, 3.63) is 107 Å². The van der Waals surface area contributed by atoms with Crippen LogP contribution in [0.5, 0.6) is 0 Å². The van der Waals surface area contributed by atoms with Crippen molar-refractivity contribution in [1.82, 2.24) is 9.13 Å². The molecule has 2 heterocycles. The van der Waals surface area contributed by atoms with Gasteiger partial charge in [-0.15, -0.1) is 11.8 Å². The van der Waals surface area contributed by atoms with Gasteiger partial charge >= 0.3 is 5.69 Å². The molecule has 34 heavy (non-hydrogen) atoms. The molecule has 1 aliphatic rings. The molecule has 0 fully saturated rings. The first-order valence-electron chi connectivity index (χ1n) is 10.1. The monoisotopic (exact) mass is 514 g/mol. The fourth-order valence-corrected chi connectivity index (χ4v) is 4.87. The standard InChI is InChI=1S/C23H19ClN4O4S2/c1-26-20-18(21(29)27(2)23(26)30)16(13-5-4-6-15(11-13)28(31)32)17(22(33)34-3)19(25-20)12-7-9-14(24)10-8-12/h4-11,16,25H,1-3H3. The molecule has 0 saturated carbocycles. The van der Waals surface area contributed by atoms with E-state index >= 15 is 0 Å². The Hall–Kier alpha value is -3.21. The predicted octanol–water partition coefficient (Wildman–Crippen LogP) is 4.30. The third-order valence-corrected chi connectivity index (χ3v) is 7.30. The smallest absolute Gasteiger partial charge is 0.332 e. The van der Waals surface area contributed by atoms with Crippen molar-refractivity contribution in [2.75, 3.05) is 11.6 Å². The number of fused-ring (bicyclic) bond motifs is 1. The van der Waals surface area contributed by atoms with Gasteiger partial charge in [0.2, 0.25) is 0 Å². The van der Waals surface area contributed by atoms with E-state index in [1.54, 1.807) is 31.3 Å². The first-order valence-corrected chi connectivity index (χ1v) is 12.1. The molecule has 1 aliphatic heterocycles. The van der Waals surface area contributed by atoms with Crippen molar-refractivity contribution in [3.63, 3.8) is 0 Å². The fraction of sp³-hybridized carbons (Fsp3) is 0.174. The average molecular weight is 515 g/mol. The van der Waals surface area contributed by atoms with Gasteiger partial charge in [0.15, 0.2) is 0 Å². The summed E-state index contributed by atoms with van der Waals surface area (Å²) in [6.45, 7) is 0. The molecule has 0 bridgehead atoms. The highest BCUT2D eigenvalue weighted by molar-refractivity contribution is 8.23. The van der Waals surface area contributed by atoms with Gasteiger partial charge in [-0.3, -0.25) is 24.0 Å². The number of nitrogens with zero attached hydrogens (tertiary/aromatic N) is 3.